The van der Waals surface area contributed by atoms with Crippen molar-refractivity contribution in [1.29, 1.82) is 0 Å². The lowest BCUT2D eigenvalue weighted by atomic mass is 9.84. The fraction of sp³-hybridized carbons (Fsp3) is 0.385. The number of benzene rings is 1. The van der Waals surface area contributed by atoms with Gasteiger partial charge in [-0.1, -0.05) is 31.0 Å². The zero-order valence-corrected chi connectivity index (χ0v) is 19.2. The number of hydrogen-bond acceptors (Lipinski definition) is 4. The lowest BCUT2D eigenvalue weighted by molar-refractivity contribution is -0.134. The summed E-state index contributed by atoms with van der Waals surface area (Å²) in [5.41, 5.74) is 3.56. The van der Waals surface area contributed by atoms with Crippen LogP contribution in [-0.4, -0.2) is 42.1 Å². The molecule has 1 unspecified atom stereocenters. The van der Waals surface area contributed by atoms with E-state index in [9.17, 15) is 14.4 Å². The number of carbonyl (C=O) groups excluding carboxylic acids is 1. The van der Waals surface area contributed by atoms with Gasteiger partial charge in [0.25, 0.3) is 0 Å². The van der Waals surface area contributed by atoms with E-state index in [1.165, 1.54) is 36.9 Å². The zero-order valence-electron chi connectivity index (χ0n) is 19.2. The molecule has 3 aromatic rings. The van der Waals surface area contributed by atoms with Gasteiger partial charge in [-0.05, 0) is 38.7 Å². The number of carboxylic acids is 2. The van der Waals surface area contributed by atoms with Crippen LogP contribution in [0.15, 0.2) is 48.8 Å². The highest BCUT2D eigenvalue weighted by atomic mass is 16.4. The minimum atomic E-state index is -1.26. The number of aliphatic carboxylic acids is 2. The molecular formula is C26H29N3O5. The van der Waals surface area contributed by atoms with E-state index >= 15 is 0 Å². The quantitative estimate of drug-likeness (QED) is 0.542. The Morgan fingerprint density at radius 2 is 1.76 bits per heavy atom. The molecule has 8 nitrogen and oxygen atoms in total. The molecule has 2 aliphatic rings. The third-order valence-electron chi connectivity index (χ3n) is 6.76. The number of nitrogens with zero attached hydrogens (tertiary/aromatic N) is 3. The number of carbonyl (C=O) groups is 3. The summed E-state index contributed by atoms with van der Waals surface area (Å²) in [7, 11) is 0. The van der Waals surface area contributed by atoms with Crippen molar-refractivity contribution < 1.29 is 24.6 Å². The molecule has 0 saturated heterocycles. The van der Waals surface area contributed by atoms with Crippen molar-refractivity contribution in [1.82, 2.24) is 14.1 Å². The number of aryl methyl sites for hydroxylation is 1. The van der Waals surface area contributed by atoms with Crippen molar-refractivity contribution in [2.45, 2.75) is 58.0 Å². The smallest absolute Gasteiger partial charge is 0.328 e. The summed E-state index contributed by atoms with van der Waals surface area (Å²) in [6, 6.07) is 9.09. The lowest BCUT2D eigenvalue weighted by Crippen LogP contribution is -2.27. The Hall–Kier alpha value is -3.68. The van der Waals surface area contributed by atoms with Crippen molar-refractivity contribution in [3.05, 3.63) is 65.9 Å². The number of Topliss-reactive ketones (excluding diaryl/α,β-unsaturated/α-hetero) is 1. The van der Waals surface area contributed by atoms with E-state index in [1.807, 2.05) is 19.3 Å². The summed E-state index contributed by atoms with van der Waals surface area (Å²) in [6.45, 7) is 2.75. The molecule has 0 spiro atoms. The summed E-state index contributed by atoms with van der Waals surface area (Å²) in [5, 5.41) is 16.8. The Kier molecular flexibility index (Phi) is 6.95. The average Bonchev–Trinajstić information content (AvgIpc) is 3.54. The van der Waals surface area contributed by atoms with Crippen LogP contribution in [-0.2, 0) is 22.6 Å². The first-order valence-electron chi connectivity index (χ1n) is 11.6. The van der Waals surface area contributed by atoms with Crippen LogP contribution in [0.2, 0.25) is 0 Å². The summed E-state index contributed by atoms with van der Waals surface area (Å²) >= 11 is 0. The van der Waals surface area contributed by atoms with Crippen LogP contribution in [0.1, 0.15) is 60.0 Å². The summed E-state index contributed by atoms with van der Waals surface area (Å²) in [5.74, 6) is -1.15. The van der Waals surface area contributed by atoms with Crippen molar-refractivity contribution in [3.8, 4) is 0 Å². The number of aromatic nitrogens is 3. The summed E-state index contributed by atoms with van der Waals surface area (Å²) in [6.07, 6.45) is 12.0. The predicted molar refractivity (Wildman–Crippen MR) is 127 cm³/mol. The van der Waals surface area contributed by atoms with Crippen molar-refractivity contribution in [2.75, 3.05) is 0 Å². The summed E-state index contributed by atoms with van der Waals surface area (Å²) in [4.78, 5) is 36.9. The molecule has 2 aromatic heterocycles. The molecular weight excluding hydrogens is 434 g/mol. The van der Waals surface area contributed by atoms with Crippen molar-refractivity contribution in [2.24, 2.45) is 5.92 Å². The third kappa shape index (κ3) is 4.81. The zero-order chi connectivity index (χ0) is 24.2. The van der Waals surface area contributed by atoms with Crippen LogP contribution in [0.3, 0.4) is 0 Å². The van der Waals surface area contributed by atoms with Gasteiger partial charge in [0.15, 0.2) is 5.78 Å². The standard InChI is InChI=1S/C22H25N3O.C4H4O4/c1-15-23-12-13-24(15)14-16-10-11-20-21(22(16)26)18-8-4-5-9-19(18)25(20)17-6-2-3-7-17;5-3(6)1-2-4(7)8/h4-5,8-9,12-13,16-17H,2-3,6-7,10-11,14H2,1H3;1-2H,(H,5,6)(H,7,8). The molecule has 0 amide bonds. The maximum absolute atomic E-state index is 13.4. The second-order valence-corrected chi connectivity index (χ2v) is 8.88. The number of hydrogen-bond donors (Lipinski definition) is 2. The normalized spacial score (nSPS) is 18.1. The van der Waals surface area contributed by atoms with Gasteiger partial charge in [-0.25, -0.2) is 14.6 Å². The lowest BCUT2D eigenvalue weighted by Gasteiger charge is -2.25. The largest absolute Gasteiger partial charge is 0.478 e. The van der Waals surface area contributed by atoms with Gasteiger partial charge < -0.3 is 19.3 Å². The van der Waals surface area contributed by atoms with E-state index < -0.39 is 11.9 Å². The van der Waals surface area contributed by atoms with Gasteiger partial charge in [0.05, 0.1) is 0 Å². The van der Waals surface area contributed by atoms with Crippen LogP contribution in [0, 0.1) is 12.8 Å². The predicted octanol–water partition coefficient (Wildman–Crippen LogP) is 4.42. The minimum absolute atomic E-state index is 0.0539. The van der Waals surface area contributed by atoms with E-state index in [1.54, 1.807) is 0 Å². The van der Waals surface area contributed by atoms with Crippen LogP contribution < -0.4 is 0 Å². The molecule has 2 aliphatic carbocycles. The molecule has 1 fully saturated rings. The Labute approximate surface area is 197 Å². The first kappa shape index (κ1) is 23.5. The SMILES string of the molecule is Cc1nccn1CC1CCc2c(c3ccccc3n2C2CCCC2)C1=O.O=C(O)C=CC(=O)O. The average molecular weight is 464 g/mol. The first-order chi connectivity index (χ1) is 16.4. The van der Waals surface area contributed by atoms with Gasteiger partial charge in [-0.2, -0.15) is 0 Å². The summed E-state index contributed by atoms with van der Waals surface area (Å²) < 4.78 is 4.64. The molecule has 8 heteroatoms. The Morgan fingerprint density at radius 1 is 1.09 bits per heavy atom. The number of para-hydroxylation sites is 1. The van der Waals surface area contributed by atoms with Crippen molar-refractivity contribution in [3.63, 3.8) is 0 Å². The van der Waals surface area contributed by atoms with E-state index in [2.05, 4.69) is 38.4 Å². The fourth-order valence-corrected chi connectivity index (χ4v) is 5.21. The molecule has 2 N–H and O–H groups in total. The minimum Gasteiger partial charge on any atom is -0.478 e. The maximum atomic E-state index is 13.4. The van der Waals surface area contributed by atoms with E-state index in [0.29, 0.717) is 24.0 Å². The fourth-order valence-electron chi connectivity index (χ4n) is 5.21. The number of imidazole rings is 1. The highest BCUT2D eigenvalue weighted by Gasteiger charge is 2.34. The highest BCUT2D eigenvalue weighted by Crippen LogP contribution is 2.41. The molecule has 178 valence electrons. The first-order valence-corrected chi connectivity index (χ1v) is 11.6. The van der Waals surface area contributed by atoms with E-state index in [4.69, 9.17) is 10.2 Å². The number of carboxylic acid groups (broad SMARTS) is 2. The molecule has 1 atom stereocenters. The third-order valence-corrected chi connectivity index (χ3v) is 6.76. The number of fused-ring (bicyclic) bond motifs is 3. The Morgan fingerprint density at radius 3 is 2.38 bits per heavy atom. The van der Waals surface area contributed by atoms with Crippen LogP contribution >= 0.6 is 0 Å². The van der Waals surface area contributed by atoms with E-state index in [-0.39, 0.29) is 5.92 Å². The second-order valence-electron chi connectivity index (χ2n) is 8.88. The van der Waals surface area contributed by atoms with Gasteiger partial charge in [0, 0.05) is 65.2 Å². The number of ketones is 1. The van der Waals surface area contributed by atoms with Crippen LogP contribution in [0.25, 0.3) is 10.9 Å². The molecule has 34 heavy (non-hydrogen) atoms. The Balaban J connectivity index is 0.000000297. The van der Waals surface area contributed by atoms with Gasteiger partial charge in [0.2, 0.25) is 0 Å². The molecule has 2 heterocycles. The van der Waals surface area contributed by atoms with Crippen LogP contribution in [0.5, 0.6) is 0 Å². The molecule has 0 radical (unpaired) electrons. The molecule has 5 rings (SSSR count). The monoisotopic (exact) mass is 463 g/mol. The van der Waals surface area contributed by atoms with Gasteiger partial charge >= 0.3 is 11.9 Å². The molecule has 1 aromatic carbocycles. The van der Waals surface area contributed by atoms with Gasteiger partial charge in [0.1, 0.15) is 5.82 Å². The Bertz CT molecular complexity index is 1230. The number of rotatable bonds is 5. The maximum Gasteiger partial charge on any atom is 0.328 e. The molecule has 0 bridgehead atoms. The van der Waals surface area contributed by atoms with Crippen molar-refractivity contribution >= 4 is 28.6 Å². The van der Waals surface area contributed by atoms with E-state index in [0.717, 1.165) is 36.2 Å². The molecule has 1 saturated carbocycles. The van der Waals surface area contributed by atoms with Gasteiger partial charge in [-0.15, -0.1) is 0 Å². The topological polar surface area (TPSA) is 114 Å². The molecule has 0 aliphatic heterocycles. The van der Waals surface area contributed by atoms with Crippen LogP contribution in [0.4, 0.5) is 0 Å². The highest BCUT2D eigenvalue weighted by molar-refractivity contribution is 6.11. The second kappa shape index (κ2) is 10.1. The van der Waals surface area contributed by atoms with Gasteiger partial charge in [-0.3, -0.25) is 4.79 Å².